The monoisotopic (exact) mass is 300 g/mol. The molecule has 0 saturated heterocycles. The van der Waals surface area contributed by atoms with Gasteiger partial charge in [-0.25, -0.2) is 4.79 Å². The second-order valence-electron chi connectivity index (χ2n) is 4.36. The van der Waals surface area contributed by atoms with Crippen molar-refractivity contribution >= 4 is 23.4 Å². The lowest BCUT2D eigenvalue weighted by Crippen LogP contribution is -2.39. The summed E-state index contributed by atoms with van der Waals surface area (Å²) in [6.45, 7) is 0.770. The van der Waals surface area contributed by atoms with E-state index in [4.69, 9.17) is 17.0 Å². The fourth-order valence-electron chi connectivity index (χ4n) is 1.67. The molecule has 0 bridgehead atoms. The van der Waals surface area contributed by atoms with Gasteiger partial charge in [-0.05, 0) is 23.3 Å². The number of alkyl carbamates (subject to hydrolysis) is 1. The number of hydrogen-bond donors (Lipinski definition) is 2. The fraction of sp³-hybridized carbons (Fsp3) is 0.125. The Morgan fingerprint density at radius 3 is 2.14 bits per heavy atom. The van der Waals surface area contributed by atoms with Gasteiger partial charge >= 0.3 is 6.09 Å². The van der Waals surface area contributed by atoms with Gasteiger partial charge < -0.3 is 10.1 Å². The summed E-state index contributed by atoms with van der Waals surface area (Å²) in [5.74, 6) is 0. The van der Waals surface area contributed by atoms with E-state index in [0.717, 1.165) is 11.1 Å². The number of benzene rings is 2. The highest BCUT2D eigenvalue weighted by molar-refractivity contribution is 7.80. The SMILES string of the molecule is O=C(NC(=S)NCc1ccccc1)OCc1ccccc1. The number of thiocarbonyl (C=S) groups is 1. The van der Waals surface area contributed by atoms with Crippen molar-refractivity contribution in [1.82, 2.24) is 10.6 Å². The molecule has 0 spiro atoms. The largest absolute Gasteiger partial charge is 0.444 e. The topological polar surface area (TPSA) is 50.4 Å². The highest BCUT2D eigenvalue weighted by atomic mass is 32.1. The first-order valence-corrected chi connectivity index (χ1v) is 6.94. The molecule has 2 rings (SSSR count). The molecule has 21 heavy (non-hydrogen) atoms. The van der Waals surface area contributed by atoms with Crippen molar-refractivity contribution in [3.05, 3.63) is 71.8 Å². The molecule has 0 radical (unpaired) electrons. The van der Waals surface area contributed by atoms with Crippen LogP contribution in [0.4, 0.5) is 4.79 Å². The lowest BCUT2D eigenvalue weighted by Gasteiger charge is -2.10. The number of carbonyl (C=O) groups is 1. The van der Waals surface area contributed by atoms with E-state index in [9.17, 15) is 4.79 Å². The maximum Gasteiger partial charge on any atom is 0.413 e. The van der Waals surface area contributed by atoms with Crippen LogP contribution >= 0.6 is 12.2 Å². The standard InChI is InChI=1S/C16H16N2O2S/c19-16(20-12-14-9-5-2-6-10-14)18-15(21)17-11-13-7-3-1-4-8-13/h1-10H,11-12H2,(H2,17,18,19,21). The average molecular weight is 300 g/mol. The molecule has 1 amide bonds. The number of rotatable bonds is 4. The number of amides is 1. The minimum Gasteiger partial charge on any atom is -0.444 e. The third-order valence-corrected chi connectivity index (χ3v) is 2.97. The molecule has 5 heteroatoms. The molecule has 0 saturated carbocycles. The van der Waals surface area contributed by atoms with Gasteiger partial charge in [0.2, 0.25) is 0 Å². The van der Waals surface area contributed by atoms with E-state index >= 15 is 0 Å². The fourth-order valence-corrected chi connectivity index (χ4v) is 1.83. The highest BCUT2D eigenvalue weighted by Crippen LogP contribution is 2.00. The summed E-state index contributed by atoms with van der Waals surface area (Å²) >= 11 is 5.04. The van der Waals surface area contributed by atoms with E-state index in [2.05, 4.69) is 10.6 Å². The van der Waals surface area contributed by atoms with E-state index in [1.807, 2.05) is 60.7 Å². The molecule has 2 N–H and O–H groups in total. The number of carbonyl (C=O) groups excluding carboxylic acids is 1. The van der Waals surface area contributed by atoms with Gasteiger partial charge in [0.15, 0.2) is 5.11 Å². The van der Waals surface area contributed by atoms with Crippen LogP contribution in [0.5, 0.6) is 0 Å². The molecule has 2 aromatic carbocycles. The Morgan fingerprint density at radius 2 is 1.52 bits per heavy atom. The van der Waals surface area contributed by atoms with Gasteiger partial charge in [0, 0.05) is 6.54 Å². The molecule has 0 aliphatic carbocycles. The van der Waals surface area contributed by atoms with Crippen LogP contribution in [0.2, 0.25) is 0 Å². The zero-order valence-electron chi connectivity index (χ0n) is 11.4. The third-order valence-electron chi connectivity index (χ3n) is 2.72. The van der Waals surface area contributed by atoms with Crippen molar-refractivity contribution in [3.63, 3.8) is 0 Å². The summed E-state index contributed by atoms with van der Waals surface area (Å²) in [6, 6.07) is 19.3. The molecule has 0 unspecified atom stereocenters. The van der Waals surface area contributed by atoms with Crippen molar-refractivity contribution in [2.45, 2.75) is 13.2 Å². The van der Waals surface area contributed by atoms with E-state index in [0.29, 0.717) is 6.54 Å². The van der Waals surface area contributed by atoms with E-state index in [-0.39, 0.29) is 11.7 Å². The van der Waals surface area contributed by atoms with Gasteiger partial charge in [-0.1, -0.05) is 60.7 Å². The van der Waals surface area contributed by atoms with E-state index in [1.165, 1.54) is 0 Å². The van der Waals surface area contributed by atoms with Crippen LogP contribution in [0.1, 0.15) is 11.1 Å². The van der Waals surface area contributed by atoms with Crippen molar-refractivity contribution in [2.75, 3.05) is 0 Å². The van der Waals surface area contributed by atoms with Crippen LogP contribution in [-0.4, -0.2) is 11.2 Å². The van der Waals surface area contributed by atoms with Crippen LogP contribution < -0.4 is 10.6 Å². The lowest BCUT2D eigenvalue weighted by atomic mass is 10.2. The summed E-state index contributed by atoms with van der Waals surface area (Å²) < 4.78 is 5.07. The molecule has 2 aromatic rings. The average Bonchev–Trinajstić information content (AvgIpc) is 2.53. The first-order chi connectivity index (χ1) is 10.2. The minimum absolute atomic E-state index is 0.216. The third kappa shape index (κ3) is 5.62. The highest BCUT2D eigenvalue weighted by Gasteiger charge is 2.05. The molecule has 0 atom stereocenters. The van der Waals surface area contributed by atoms with Crippen LogP contribution in [0.25, 0.3) is 0 Å². The molecule has 0 aliphatic heterocycles. The number of hydrogen-bond acceptors (Lipinski definition) is 3. The molecule has 0 fully saturated rings. The van der Waals surface area contributed by atoms with Gasteiger partial charge in [-0.15, -0.1) is 0 Å². The number of ether oxygens (including phenoxy) is 1. The normalized spacial score (nSPS) is 9.71. The first kappa shape index (κ1) is 15.0. The smallest absolute Gasteiger partial charge is 0.413 e. The van der Waals surface area contributed by atoms with Crippen molar-refractivity contribution in [1.29, 1.82) is 0 Å². The van der Waals surface area contributed by atoms with Crippen molar-refractivity contribution in [3.8, 4) is 0 Å². The van der Waals surface area contributed by atoms with Gasteiger partial charge in [0.1, 0.15) is 6.61 Å². The molecule has 0 heterocycles. The second kappa shape index (κ2) is 8.01. The lowest BCUT2D eigenvalue weighted by molar-refractivity contribution is 0.145. The van der Waals surface area contributed by atoms with Crippen LogP contribution in [-0.2, 0) is 17.9 Å². The maximum atomic E-state index is 11.6. The van der Waals surface area contributed by atoms with Gasteiger partial charge in [-0.2, -0.15) is 0 Å². The Labute approximate surface area is 129 Å². The molecule has 4 nitrogen and oxygen atoms in total. The minimum atomic E-state index is -0.565. The van der Waals surface area contributed by atoms with Crippen LogP contribution in [0.3, 0.4) is 0 Å². The Hall–Kier alpha value is -2.40. The molecular weight excluding hydrogens is 284 g/mol. The van der Waals surface area contributed by atoms with E-state index < -0.39 is 6.09 Å². The van der Waals surface area contributed by atoms with Crippen molar-refractivity contribution in [2.24, 2.45) is 0 Å². The summed E-state index contributed by atoms with van der Waals surface area (Å²) in [7, 11) is 0. The summed E-state index contributed by atoms with van der Waals surface area (Å²) in [4.78, 5) is 11.6. The first-order valence-electron chi connectivity index (χ1n) is 6.53. The predicted octanol–water partition coefficient (Wildman–Crippen LogP) is 2.99. The molecule has 0 aromatic heterocycles. The Morgan fingerprint density at radius 1 is 0.952 bits per heavy atom. The quantitative estimate of drug-likeness (QED) is 0.852. The van der Waals surface area contributed by atoms with Gasteiger partial charge in [0.25, 0.3) is 0 Å². The summed E-state index contributed by atoms with van der Waals surface area (Å²) in [5, 5.41) is 5.67. The Kier molecular flexibility index (Phi) is 5.72. The maximum absolute atomic E-state index is 11.6. The number of nitrogens with one attached hydrogen (secondary N) is 2. The van der Waals surface area contributed by atoms with Gasteiger partial charge in [-0.3, -0.25) is 5.32 Å². The predicted molar refractivity (Wildman–Crippen MR) is 85.6 cm³/mol. The Bertz CT molecular complexity index is 534. The Balaban J connectivity index is 1.69. The summed E-state index contributed by atoms with van der Waals surface area (Å²) in [5.41, 5.74) is 2.01. The molecule has 0 aliphatic rings. The van der Waals surface area contributed by atoms with E-state index in [1.54, 1.807) is 0 Å². The molecule has 108 valence electrons. The zero-order chi connectivity index (χ0) is 14.9. The zero-order valence-corrected chi connectivity index (χ0v) is 12.2. The van der Waals surface area contributed by atoms with Crippen molar-refractivity contribution < 1.29 is 9.53 Å². The summed E-state index contributed by atoms with van der Waals surface area (Å²) in [6.07, 6.45) is -0.565. The molecular formula is C16H16N2O2S. The van der Waals surface area contributed by atoms with Gasteiger partial charge in [0.05, 0.1) is 0 Å². The van der Waals surface area contributed by atoms with Crippen LogP contribution in [0.15, 0.2) is 60.7 Å². The van der Waals surface area contributed by atoms with Crippen LogP contribution in [0, 0.1) is 0 Å². The second-order valence-corrected chi connectivity index (χ2v) is 4.76.